The van der Waals surface area contributed by atoms with Crippen LogP contribution in [0.1, 0.15) is 30.9 Å². The van der Waals surface area contributed by atoms with Gasteiger partial charge in [-0.2, -0.15) is 5.26 Å². The van der Waals surface area contributed by atoms with Crippen molar-refractivity contribution >= 4 is 0 Å². The van der Waals surface area contributed by atoms with Gasteiger partial charge in [0.1, 0.15) is 0 Å². The van der Waals surface area contributed by atoms with Gasteiger partial charge in [0, 0.05) is 12.6 Å². The fourth-order valence-corrected chi connectivity index (χ4v) is 1.94. The lowest BCUT2D eigenvalue weighted by Crippen LogP contribution is -2.30. The van der Waals surface area contributed by atoms with E-state index in [0.29, 0.717) is 12.5 Å². The van der Waals surface area contributed by atoms with Crippen molar-refractivity contribution in [1.29, 1.82) is 5.26 Å². The maximum Gasteiger partial charge on any atom is 0.0638 e. The number of aryl methyl sites for hydroxylation is 1. The van der Waals surface area contributed by atoms with Crippen LogP contribution in [0.3, 0.4) is 0 Å². The Morgan fingerprint density at radius 3 is 2.75 bits per heavy atom. The number of nitrogens with zero attached hydrogens (tertiary/aromatic N) is 2. The van der Waals surface area contributed by atoms with Gasteiger partial charge in [0.2, 0.25) is 0 Å². The van der Waals surface area contributed by atoms with Crippen molar-refractivity contribution in [3.05, 3.63) is 35.4 Å². The molecule has 0 N–H and O–H groups in total. The summed E-state index contributed by atoms with van der Waals surface area (Å²) in [5, 5.41) is 8.75. The summed E-state index contributed by atoms with van der Waals surface area (Å²) in [4.78, 5) is 2.26. The van der Waals surface area contributed by atoms with E-state index in [1.165, 1.54) is 11.1 Å². The van der Waals surface area contributed by atoms with Crippen LogP contribution in [0.4, 0.5) is 0 Å². The summed E-state index contributed by atoms with van der Waals surface area (Å²) in [6.45, 7) is 5.16. The average molecular weight is 216 g/mol. The quantitative estimate of drug-likeness (QED) is 0.756. The molecule has 0 saturated heterocycles. The molecule has 2 nitrogen and oxygen atoms in total. The highest BCUT2D eigenvalue weighted by molar-refractivity contribution is 5.22. The van der Waals surface area contributed by atoms with E-state index in [-0.39, 0.29) is 0 Å². The third kappa shape index (κ3) is 3.67. The smallest absolute Gasteiger partial charge is 0.0638 e. The molecule has 0 bridgehead atoms. The predicted molar refractivity (Wildman–Crippen MR) is 67.0 cm³/mol. The standard InChI is InChI=1S/C14H20N2/c1-4-14(8-9-15)16(3)11-13-7-5-6-12(2)10-13/h5-7,10,14H,4,8,11H2,1-3H3. The third-order valence-corrected chi connectivity index (χ3v) is 2.94. The molecule has 1 unspecified atom stereocenters. The highest BCUT2D eigenvalue weighted by atomic mass is 15.1. The Kier molecular flexibility index (Phi) is 5.01. The minimum atomic E-state index is 0.366. The molecule has 1 aromatic rings. The van der Waals surface area contributed by atoms with Crippen molar-refractivity contribution in [2.45, 2.75) is 39.3 Å². The van der Waals surface area contributed by atoms with E-state index >= 15 is 0 Å². The molecule has 86 valence electrons. The molecule has 0 radical (unpaired) electrons. The summed E-state index contributed by atoms with van der Waals surface area (Å²) in [5.41, 5.74) is 2.61. The van der Waals surface area contributed by atoms with Crippen molar-refractivity contribution in [2.75, 3.05) is 7.05 Å². The van der Waals surface area contributed by atoms with Crippen molar-refractivity contribution in [2.24, 2.45) is 0 Å². The first-order valence-corrected chi connectivity index (χ1v) is 5.80. The summed E-state index contributed by atoms with van der Waals surface area (Å²) in [6, 6.07) is 11.2. The van der Waals surface area contributed by atoms with E-state index in [1.807, 2.05) is 0 Å². The van der Waals surface area contributed by atoms with Crippen molar-refractivity contribution in [1.82, 2.24) is 4.90 Å². The zero-order valence-electron chi connectivity index (χ0n) is 10.4. The zero-order valence-corrected chi connectivity index (χ0v) is 10.4. The molecule has 2 heteroatoms. The monoisotopic (exact) mass is 216 g/mol. The van der Waals surface area contributed by atoms with Gasteiger partial charge in [-0.1, -0.05) is 36.8 Å². The molecule has 0 aliphatic heterocycles. The van der Waals surface area contributed by atoms with Crippen molar-refractivity contribution in [3.63, 3.8) is 0 Å². The molecule has 16 heavy (non-hydrogen) atoms. The number of nitriles is 1. The van der Waals surface area contributed by atoms with Gasteiger partial charge in [-0.25, -0.2) is 0 Å². The van der Waals surface area contributed by atoms with Gasteiger partial charge < -0.3 is 0 Å². The Hall–Kier alpha value is -1.33. The largest absolute Gasteiger partial charge is 0.298 e. The maximum absolute atomic E-state index is 8.75. The van der Waals surface area contributed by atoms with Crippen LogP contribution in [0.5, 0.6) is 0 Å². The number of benzene rings is 1. The van der Waals surface area contributed by atoms with Crippen LogP contribution in [-0.4, -0.2) is 18.0 Å². The first-order valence-electron chi connectivity index (χ1n) is 5.80. The van der Waals surface area contributed by atoms with Crippen LogP contribution in [0, 0.1) is 18.3 Å². The molecule has 0 aliphatic rings. The zero-order chi connectivity index (χ0) is 12.0. The van der Waals surface area contributed by atoms with Crippen LogP contribution in [0.25, 0.3) is 0 Å². The summed E-state index contributed by atoms with van der Waals surface area (Å²) in [7, 11) is 2.09. The molecule has 0 aromatic heterocycles. The number of rotatable bonds is 5. The Morgan fingerprint density at radius 2 is 2.19 bits per heavy atom. The SMILES string of the molecule is CCC(CC#N)N(C)Cc1cccc(C)c1. The van der Waals surface area contributed by atoms with Crippen LogP contribution in [-0.2, 0) is 6.54 Å². The number of hydrogen-bond acceptors (Lipinski definition) is 2. The third-order valence-electron chi connectivity index (χ3n) is 2.94. The molecule has 0 spiro atoms. The van der Waals surface area contributed by atoms with Crippen LogP contribution >= 0.6 is 0 Å². The Bertz CT molecular complexity index is 365. The highest BCUT2D eigenvalue weighted by Crippen LogP contribution is 2.12. The molecule has 1 aromatic carbocycles. The second-order valence-electron chi connectivity index (χ2n) is 4.33. The van der Waals surface area contributed by atoms with E-state index in [2.05, 4.69) is 56.1 Å². The minimum absolute atomic E-state index is 0.366. The summed E-state index contributed by atoms with van der Waals surface area (Å²) < 4.78 is 0. The molecule has 1 rings (SSSR count). The summed E-state index contributed by atoms with van der Waals surface area (Å²) in [6.07, 6.45) is 1.63. The molecular formula is C14H20N2. The van der Waals surface area contributed by atoms with E-state index in [4.69, 9.17) is 5.26 Å². The van der Waals surface area contributed by atoms with E-state index in [0.717, 1.165) is 13.0 Å². The van der Waals surface area contributed by atoms with Crippen LogP contribution < -0.4 is 0 Å². The molecule has 0 heterocycles. The molecule has 0 aliphatic carbocycles. The summed E-state index contributed by atoms with van der Waals surface area (Å²) in [5.74, 6) is 0. The molecule has 0 saturated carbocycles. The topological polar surface area (TPSA) is 27.0 Å². The minimum Gasteiger partial charge on any atom is -0.298 e. The van der Waals surface area contributed by atoms with Gasteiger partial charge in [0.05, 0.1) is 12.5 Å². The lowest BCUT2D eigenvalue weighted by Gasteiger charge is -2.25. The van der Waals surface area contributed by atoms with E-state index in [1.54, 1.807) is 0 Å². The van der Waals surface area contributed by atoms with Crippen LogP contribution in [0.15, 0.2) is 24.3 Å². The maximum atomic E-state index is 8.75. The lowest BCUT2D eigenvalue weighted by molar-refractivity contribution is 0.230. The second kappa shape index (κ2) is 6.30. The predicted octanol–water partition coefficient (Wildman–Crippen LogP) is 3.12. The second-order valence-corrected chi connectivity index (χ2v) is 4.33. The summed E-state index contributed by atoms with van der Waals surface area (Å²) >= 11 is 0. The van der Waals surface area contributed by atoms with Crippen LogP contribution in [0.2, 0.25) is 0 Å². The van der Waals surface area contributed by atoms with Gasteiger partial charge in [-0.3, -0.25) is 4.90 Å². The van der Waals surface area contributed by atoms with E-state index in [9.17, 15) is 0 Å². The Labute approximate surface area is 98.5 Å². The molecule has 0 fully saturated rings. The molecule has 1 atom stereocenters. The van der Waals surface area contributed by atoms with Gasteiger partial charge in [0.25, 0.3) is 0 Å². The van der Waals surface area contributed by atoms with Gasteiger partial charge in [-0.05, 0) is 26.0 Å². The first-order chi connectivity index (χ1) is 7.67. The fourth-order valence-electron chi connectivity index (χ4n) is 1.94. The molecular weight excluding hydrogens is 196 g/mol. The average Bonchev–Trinajstić information content (AvgIpc) is 2.25. The normalized spacial score (nSPS) is 12.4. The highest BCUT2D eigenvalue weighted by Gasteiger charge is 2.12. The lowest BCUT2D eigenvalue weighted by atomic mass is 10.1. The number of hydrogen-bond donors (Lipinski definition) is 0. The Morgan fingerprint density at radius 1 is 1.44 bits per heavy atom. The van der Waals surface area contributed by atoms with Gasteiger partial charge in [0.15, 0.2) is 0 Å². The Balaban J connectivity index is 2.63. The van der Waals surface area contributed by atoms with Crippen molar-refractivity contribution < 1.29 is 0 Å². The van der Waals surface area contributed by atoms with E-state index < -0.39 is 0 Å². The van der Waals surface area contributed by atoms with Gasteiger partial charge >= 0.3 is 0 Å². The first kappa shape index (κ1) is 12.7. The van der Waals surface area contributed by atoms with Gasteiger partial charge in [-0.15, -0.1) is 0 Å². The fraction of sp³-hybridized carbons (Fsp3) is 0.500. The molecule has 0 amide bonds. The van der Waals surface area contributed by atoms with Crippen molar-refractivity contribution in [3.8, 4) is 6.07 Å².